The molecular weight excluding hydrogens is 183 g/mol. The Hall–Kier alpha value is -0.482. The van der Waals surface area contributed by atoms with Crippen LogP contribution < -0.4 is 4.35 Å². The summed E-state index contributed by atoms with van der Waals surface area (Å²) in [5.41, 5.74) is 3.82. The van der Waals surface area contributed by atoms with Crippen LogP contribution in [0.1, 0.15) is 5.56 Å². The van der Waals surface area contributed by atoms with Crippen LogP contribution in [0.5, 0.6) is 0 Å². The quantitative estimate of drug-likeness (QED) is 0.547. The van der Waals surface area contributed by atoms with Gasteiger partial charge in [0, 0.05) is 0 Å². The summed E-state index contributed by atoms with van der Waals surface area (Å²) in [6, 6.07) is 8.70. The Morgan fingerprint density at radius 3 is 2.80 bits per heavy atom. The van der Waals surface area contributed by atoms with E-state index in [-0.39, 0.29) is 0 Å². The minimum absolute atomic E-state index is 0.690. The van der Waals surface area contributed by atoms with Crippen LogP contribution in [0.3, 0.4) is 0 Å². The standard InChI is InChI=1S/C9H9As/c1-10-7-6-8-4-2-3-5-9(8)10/h2-7H,1H3. The Labute approximate surface area is 65.8 Å². The van der Waals surface area contributed by atoms with E-state index in [2.05, 4.69) is 40.9 Å². The van der Waals surface area contributed by atoms with Gasteiger partial charge in [0.15, 0.2) is 0 Å². The van der Waals surface area contributed by atoms with Gasteiger partial charge in [0.05, 0.1) is 0 Å². The van der Waals surface area contributed by atoms with Crippen LogP contribution in [0, 0.1) is 0 Å². The van der Waals surface area contributed by atoms with Crippen LogP contribution in [-0.4, -0.2) is 14.7 Å². The van der Waals surface area contributed by atoms with Crippen LogP contribution in [-0.2, 0) is 0 Å². The average molecular weight is 192 g/mol. The molecule has 0 saturated heterocycles. The topological polar surface area (TPSA) is 0 Å². The van der Waals surface area contributed by atoms with Crippen molar-refractivity contribution in [1.29, 1.82) is 0 Å². The SMILES string of the molecule is C[As]1C=Cc2ccccc21. The van der Waals surface area contributed by atoms with E-state index < -0.39 is 14.7 Å². The molecule has 10 heavy (non-hydrogen) atoms. The van der Waals surface area contributed by atoms with Gasteiger partial charge in [-0.15, -0.1) is 0 Å². The fraction of sp³-hybridized carbons (Fsp3) is 0.111. The molecule has 0 bridgehead atoms. The summed E-state index contributed by atoms with van der Waals surface area (Å²) in [4.78, 5) is 2.39. The number of hydrogen-bond acceptors (Lipinski definition) is 0. The zero-order valence-electron chi connectivity index (χ0n) is 5.91. The van der Waals surface area contributed by atoms with E-state index in [0.717, 1.165) is 0 Å². The van der Waals surface area contributed by atoms with Crippen LogP contribution in [0.25, 0.3) is 6.08 Å². The molecule has 0 N–H and O–H groups in total. The van der Waals surface area contributed by atoms with E-state index in [4.69, 9.17) is 0 Å². The second-order valence-electron chi connectivity index (χ2n) is 2.49. The number of benzene rings is 1. The maximum atomic E-state index is 2.39. The van der Waals surface area contributed by atoms with Gasteiger partial charge < -0.3 is 0 Å². The zero-order chi connectivity index (χ0) is 6.97. The van der Waals surface area contributed by atoms with Crippen molar-refractivity contribution in [2.45, 2.75) is 5.71 Å². The van der Waals surface area contributed by atoms with Gasteiger partial charge in [0.1, 0.15) is 0 Å². The van der Waals surface area contributed by atoms with Crippen molar-refractivity contribution < 1.29 is 0 Å². The third kappa shape index (κ3) is 0.839. The van der Waals surface area contributed by atoms with Gasteiger partial charge in [-0.25, -0.2) is 0 Å². The van der Waals surface area contributed by atoms with E-state index in [0.29, 0.717) is 0 Å². The molecule has 1 heterocycles. The van der Waals surface area contributed by atoms with E-state index >= 15 is 0 Å². The maximum absolute atomic E-state index is 2.39. The van der Waals surface area contributed by atoms with Gasteiger partial charge in [-0.2, -0.15) is 0 Å². The molecule has 0 radical (unpaired) electrons. The van der Waals surface area contributed by atoms with Crippen molar-refractivity contribution >= 4 is 25.1 Å². The molecular formula is C9H9As. The van der Waals surface area contributed by atoms with Gasteiger partial charge in [-0.1, -0.05) is 0 Å². The Kier molecular flexibility index (Phi) is 1.43. The first-order chi connectivity index (χ1) is 4.88. The van der Waals surface area contributed by atoms with Crippen molar-refractivity contribution in [3.05, 3.63) is 34.7 Å². The predicted octanol–water partition coefficient (Wildman–Crippen LogP) is 1.58. The number of hydrogen-bond donors (Lipinski definition) is 0. The molecule has 1 aromatic rings. The van der Waals surface area contributed by atoms with Gasteiger partial charge in [-0.05, 0) is 0 Å². The van der Waals surface area contributed by atoms with Gasteiger partial charge in [0.25, 0.3) is 0 Å². The first kappa shape index (κ1) is 6.24. The van der Waals surface area contributed by atoms with Crippen molar-refractivity contribution in [3.8, 4) is 0 Å². The molecule has 0 aromatic heterocycles. The molecule has 0 amide bonds. The first-order valence-electron chi connectivity index (χ1n) is 3.38. The molecule has 0 spiro atoms. The second-order valence-corrected chi connectivity index (χ2v) is 6.69. The minimum atomic E-state index is -0.690. The molecule has 0 aliphatic carbocycles. The van der Waals surface area contributed by atoms with Crippen molar-refractivity contribution in [2.75, 3.05) is 0 Å². The van der Waals surface area contributed by atoms with Crippen molar-refractivity contribution in [1.82, 2.24) is 0 Å². The van der Waals surface area contributed by atoms with Crippen molar-refractivity contribution in [2.24, 2.45) is 0 Å². The Morgan fingerprint density at radius 1 is 1.20 bits per heavy atom. The fourth-order valence-corrected chi connectivity index (χ4v) is 4.21. The average Bonchev–Trinajstić information content (AvgIpc) is 2.34. The summed E-state index contributed by atoms with van der Waals surface area (Å²) in [6.07, 6.45) is 2.26. The summed E-state index contributed by atoms with van der Waals surface area (Å²) in [7, 11) is 0. The molecule has 1 atom stereocenters. The molecule has 0 saturated carbocycles. The van der Waals surface area contributed by atoms with Gasteiger partial charge in [0.2, 0.25) is 0 Å². The van der Waals surface area contributed by atoms with Crippen LogP contribution >= 0.6 is 0 Å². The normalized spacial score (nSPS) is 21.1. The summed E-state index contributed by atoms with van der Waals surface area (Å²) in [6.45, 7) is 0. The number of rotatable bonds is 0. The summed E-state index contributed by atoms with van der Waals surface area (Å²) in [5, 5.41) is 0. The summed E-state index contributed by atoms with van der Waals surface area (Å²) in [5.74, 6) is 0. The Bertz CT molecular complexity index is 276. The molecule has 0 fully saturated rings. The third-order valence-electron chi connectivity index (χ3n) is 1.79. The predicted molar refractivity (Wildman–Crippen MR) is 46.7 cm³/mol. The Morgan fingerprint density at radius 2 is 2.00 bits per heavy atom. The van der Waals surface area contributed by atoms with E-state index in [1.807, 2.05) is 0 Å². The molecule has 1 aromatic carbocycles. The Balaban J connectivity index is 2.59. The van der Waals surface area contributed by atoms with Crippen LogP contribution in [0.4, 0.5) is 0 Å². The second kappa shape index (κ2) is 2.28. The number of fused-ring (bicyclic) bond motifs is 1. The summed E-state index contributed by atoms with van der Waals surface area (Å²) < 4.78 is 1.61. The van der Waals surface area contributed by atoms with Crippen LogP contribution in [0.2, 0.25) is 5.71 Å². The molecule has 1 aliphatic heterocycles. The van der Waals surface area contributed by atoms with Gasteiger partial charge >= 0.3 is 65.5 Å². The zero-order valence-corrected chi connectivity index (χ0v) is 7.79. The van der Waals surface area contributed by atoms with E-state index in [1.54, 1.807) is 4.35 Å². The van der Waals surface area contributed by atoms with Crippen LogP contribution in [0.15, 0.2) is 29.1 Å². The van der Waals surface area contributed by atoms with E-state index in [1.165, 1.54) is 5.56 Å². The monoisotopic (exact) mass is 192 g/mol. The molecule has 2 rings (SSSR count). The summed E-state index contributed by atoms with van der Waals surface area (Å²) >= 11 is -0.690. The molecule has 1 unspecified atom stereocenters. The first-order valence-corrected chi connectivity index (χ1v) is 7.28. The molecule has 1 heteroatoms. The fourth-order valence-electron chi connectivity index (χ4n) is 1.22. The molecule has 0 nitrogen and oxygen atoms in total. The van der Waals surface area contributed by atoms with Crippen molar-refractivity contribution in [3.63, 3.8) is 0 Å². The van der Waals surface area contributed by atoms with E-state index in [9.17, 15) is 0 Å². The third-order valence-corrected chi connectivity index (χ3v) is 5.49. The molecule has 1 aliphatic rings. The van der Waals surface area contributed by atoms with Gasteiger partial charge in [-0.3, -0.25) is 0 Å². The molecule has 50 valence electrons.